The quantitative estimate of drug-likeness (QED) is 0.314. The van der Waals surface area contributed by atoms with Gasteiger partial charge in [-0.15, -0.1) is 0 Å². The molecule has 0 saturated heterocycles. The number of nitro groups is 1. The third-order valence-electron chi connectivity index (χ3n) is 3.89. The van der Waals surface area contributed by atoms with Crippen molar-refractivity contribution in [1.82, 2.24) is 4.98 Å². The maximum Gasteiger partial charge on any atom is 0.340 e. The molecule has 7 nitrogen and oxygen atoms in total. The topological polar surface area (TPSA) is 102 Å². The number of aromatic amines is 1. The Balaban J connectivity index is 1.76. The number of nitro benzene ring substituents is 1. The number of nitrogens with zero attached hydrogens (tertiary/aromatic N) is 1. The van der Waals surface area contributed by atoms with Crippen LogP contribution in [0, 0.1) is 17.0 Å². The number of aromatic nitrogens is 1. The minimum atomic E-state index is -0.823. The van der Waals surface area contributed by atoms with E-state index in [4.69, 9.17) is 16.3 Å². The first-order chi connectivity index (χ1) is 12.4. The molecule has 0 aliphatic heterocycles. The van der Waals surface area contributed by atoms with Gasteiger partial charge in [0, 0.05) is 34.3 Å². The van der Waals surface area contributed by atoms with Crippen LogP contribution in [0.4, 0.5) is 5.69 Å². The third kappa shape index (κ3) is 3.29. The molecule has 1 N–H and O–H groups in total. The first kappa shape index (κ1) is 17.6. The Labute approximate surface area is 152 Å². The average Bonchev–Trinajstić information content (AvgIpc) is 2.95. The zero-order chi connectivity index (χ0) is 18.8. The van der Waals surface area contributed by atoms with Crippen LogP contribution >= 0.6 is 11.6 Å². The summed E-state index contributed by atoms with van der Waals surface area (Å²) in [4.78, 5) is 37.8. The van der Waals surface area contributed by atoms with Crippen molar-refractivity contribution in [1.29, 1.82) is 0 Å². The van der Waals surface area contributed by atoms with Gasteiger partial charge in [0.1, 0.15) is 0 Å². The zero-order valence-electron chi connectivity index (χ0n) is 13.6. The van der Waals surface area contributed by atoms with E-state index >= 15 is 0 Å². The summed E-state index contributed by atoms with van der Waals surface area (Å²) < 4.78 is 5.04. The van der Waals surface area contributed by atoms with E-state index in [9.17, 15) is 19.7 Å². The van der Waals surface area contributed by atoms with Crippen molar-refractivity contribution in [2.45, 2.75) is 6.92 Å². The van der Waals surface area contributed by atoms with Gasteiger partial charge in [0.15, 0.2) is 6.61 Å². The highest BCUT2D eigenvalue weighted by Crippen LogP contribution is 2.24. The lowest BCUT2D eigenvalue weighted by Gasteiger charge is -2.06. The summed E-state index contributed by atoms with van der Waals surface area (Å²) in [5, 5.41) is 11.3. The molecule has 132 valence electrons. The molecule has 1 aromatic heterocycles. The highest BCUT2D eigenvalue weighted by molar-refractivity contribution is 6.33. The molecule has 0 fully saturated rings. The number of non-ortho nitro benzene ring substituents is 1. The van der Waals surface area contributed by atoms with Crippen LogP contribution in [0.5, 0.6) is 0 Å². The van der Waals surface area contributed by atoms with E-state index in [0.717, 1.165) is 23.0 Å². The number of carbonyl (C=O) groups excluding carboxylic acids is 2. The number of ketones is 1. The van der Waals surface area contributed by atoms with E-state index in [-0.39, 0.29) is 22.1 Å². The number of para-hydroxylation sites is 1. The summed E-state index contributed by atoms with van der Waals surface area (Å²) in [5.41, 5.74) is 1.68. The summed E-state index contributed by atoms with van der Waals surface area (Å²) in [5.74, 6) is -1.18. The minimum Gasteiger partial charge on any atom is -0.454 e. The molecule has 2 aromatic carbocycles. The van der Waals surface area contributed by atoms with E-state index in [1.807, 2.05) is 18.2 Å². The first-order valence-electron chi connectivity index (χ1n) is 7.60. The Morgan fingerprint density at radius 3 is 2.65 bits per heavy atom. The van der Waals surface area contributed by atoms with Gasteiger partial charge < -0.3 is 9.72 Å². The van der Waals surface area contributed by atoms with Gasteiger partial charge in [-0.3, -0.25) is 14.9 Å². The SMILES string of the molecule is Cc1[nH]c2ccccc2c1C(=O)COC(=O)c1ccc([N+](=O)[O-])cc1Cl. The molecule has 0 radical (unpaired) electrons. The summed E-state index contributed by atoms with van der Waals surface area (Å²) >= 11 is 5.89. The predicted molar refractivity (Wildman–Crippen MR) is 95.8 cm³/mol. The third-order valence-corrected chi connectivity index (χ3v) is 4.20. The Morgan fingerprint density at radius 2 is 1.96 bits per heavy atom. The predicted octanol–water partition coefficient (Wildman–Crippen LogP) is 4.08. The van der Waals surface area contributed by atoms with Gasteiger partial charge in [0.2, 0.25) is 5.78 Å². The average molecular weight is 373 g/mol. The normalized spacial score (nSPS) is 10.7. The van der Waals surface area contributed by atoms with Gasteiger partial charge in [-0.05, 0) is 19.1 Å². The van der Waals surface area contributed by atoms with Gasteiger partial charge in [-0.2, -0.15) is 0 Å². The molecule has 0 amide bonds. The smallest absolute Gasteiger partial charge is 0.340 e. The van der Waals surface area contributed by atoms with Crippen LogP contribution in [0.2, 0.25) is 5.02 Å². The van der Waals surface area contributed by atoms with Crippen molar-refractivity contribution in [3.63, 3.8) is 0 Å². The minimum absolute atomic E-state index is 0.0410. The number of hydrogen-bond donors (Lipinski definition) is 1. The Bertz CT molecular complexity index is 1040. The molecule has 0 spiro atoms. The van der Waals surface area contributed by atoms with Crippen LogP contribution in [-0.2, 0) is 4.74 Å². The highest BCUT2D eigenvalue weighted by atomic mass is 35.5. The Hall–Kier alpha value is -3.19. The van der Waals surface area contributed by atoms with Crippen LogP contribution in [0.25, 0.3) is 10.9 Å². The fraction of sp³-hybridized carbons (Fsp3) is 0.111. The molecule has 1 heterocycles. The fourth-order valence-corrected chi connectivity index (χ4v) is 2.95. The van der Waals surface area contributed by atoms with Crippen LogP contribution < -0.4 is 0 Å². The summed E-state index contributed by atoms with van der Waals surface area (Å²) in [6.07, 6.45) is 0. The summed E-state index contributed by atoms with van der Waals surface area (Å²) in [6, 6.07) is 10.7. The second-order valence-electron chi connectivity index (χ2n) is 5.59. The van der Waals surface area contributed by atoms with Crippen molar-refractivity contribution >= 4 is 39.9 Å². The molecule has 3 aromatic rings. The van der Waals surface area contributed by atoms with E-state index in [2.05, 4.69) is 4.98 Å². The lowest BCUT2D eigenvalue weighted by molar-refractivity contribution is -0.384. The molecular weight excluding hydrogens is 360 g/mol. The number of ether oxygens (including phenoxy) is 1. The van der Waals surface area contributed by atoms with E-state index in [1.165, 1.54) is 6.07 Å². The molecule has 26 heavy (non-hydrogen) atoms. The van der Waals surface area contributed by atoms with Crippen molar-refractivity contribution in [3.8, 4) is 0 Å². The zero-order valence-corrected chi connectivity index (χ0v) is 14.4. The van der Waals surface area contributed by atoms with Gasteiger partial charge in [0.05, 0.1) is 15.5 Å². The van der Waals surface area contributed by atoms with Crippen molar-refractivity contribution < 1.29 is 19.2 Å². The molecule has 0 saturated carbocycles. The van der Waals surface area contributed by atoms with Crippen LogP contribution in [-0.4, -0.2) is 28.3 Å². The molecule has 3 rings (SSSR count). The number of rotatable bonds is 5. The van der Waals surface area contributed by atoms with Gasteiger partial charge >= 0.3 is 5.97 Å². The number of halogens is 1. The number of aryl methyl sites for hydroxylation is 1. The van der Waals surface area contributed by atoms with E-state index < -0.39 is 17.5 Å². The number of hydrogen-bond acceptors (Lipinski definition) is 5. The molecule has 0 aliphatic carbocycles. The highest BCUT2D eigenvalue weighted by Gasteiger charge is 2.20. The number of benzene rings is 2. The van der Waals surface area contributed by atoms with Crippen LogP contribution in [0.3, 0.4) is 0 Å². The van der Waals surface area contributed by atoms with Gasteiger partial charge in [0.25, 0.3) is 5.69 Å². The maximum atomic E-state index is 12.5. The molecular formula is C18H13ClN2O5. The maximum absolute atomic E-state index is 12.5. The van der Waals surface area contributed by atoms with Crippen molar-refractivity contribution in [2.75, 3.05) is 6.61 Å². The Morgan fingerprint density at radius 1 is 1.23 bits per heavy atom. The molecule has 0 atom stereocenters. The van der Waals surface area contributed by atoms with Crippen LogP contribution in [0.15, 0.2) is 42.5 Å². The fourth-order valence-electron chi connectivity index (χ4n) is 2.70. The van der Waals surface area contributed by atoms with Gasteiger partial charge in [-0.1, -0.05) is 29.8 Å². The largest absolute Gasteiger partial charge is 0.454 e. The van der Waals surface area contributed by atoms with Crippen LogP contribution in [0.1, 0.15) is 26.4 Å². The lowest BCUT2D eigenvalue weighted by atomic mass is 10.1. The first-order valence-corrected chi connectivity index (χ1v) is 7.98. The van der Waals surface area contributed by atoms with Crippen molar-refractivity contribution in [3.05, 3.63) is 74.4 Å². The van der Waals surface area contributed by atoms with E-state index in [0.29, 0.717) is 11.3 Å². The summed E-state index contributed by atoms with van der Waals surface area (Å²) in [7, 11) is 0. The number of Topliss-reactive ketones (excluding diaryl/α,β-unsaturated/α-hetero) is 1. The number of esters is 1. The lowest BCUT2D eigenvalue weighted by Crippen LogP contribution is -2.15. The molecule has 0 bridgehead atoms. The molecule has 0 aliphatic rings. The second kappa shape index (κ2) is 6.97. The molecule has 0 unspecified atom stereocenters. The standard InChI is InChI=1S/C18H13ClN2O5/c1-10-17(13-4-2-3-5-15(13)20-10)16(22)9-26-18(23)12-7-6-11(21(24)25)8-14(12)19/h2-8,20H,9H2,1H3. The van der Waals surface area contributed by atoms with E-state index in [1.54, 1.807) is 13.0 Å². The second-order valence-corrected chi connectivity index (χ2v) is 6.00. The molecule has 8 heteroatoms. The number of carbonyl (C=O) groups is 2. The summed E-state index contributed by atoms with van der Waals surface area (Å²) in [6.45, 7) is 1.30. The van der Waals surface area contributed by atoms with Crippen molar-refractivity contribution in [2.24, 2.45) is 0 Å². The monoisotopic (exact) mass is 372 g/mol. The Kier molecular flexibility index (Phi) is 4.73. The van der Waals surface area contributed by atoms with Gasteiger partial charge in [-0.25, -0.2) is 4.79 Å². The number of fused-ring (bicyclic) bond motifs is 1. The number of H-pyrrole nitrogens is 1. The number of nitrogens with one attached hydrogen (secondary N) is 1.